The van der Waals surface area contributed by atoms with Crippen molar-refractivity contribution in [3.05, 3.63) is 71.9 Å². The fourth-order valence-corrected chi connectivity index (χ4v) is 2.75. The Bertz CT molecular complexity index is 1230. The van der Waals surface area contributed by atoms with Gasteiger partial charge in [0.1, 0.15) is 11.6 Å². The molecule has 1 aromatic carbocycles. The van der Waals surface area contributed by atoms with Crippen molar-refractivity contribution in [2.75, 3.05) is 5.32 Å². The quantitative estimate of drug-likeness (QED) is 0.575. The standard InChI is InChI=1S/C19H11F3N6/c20-19(21,22)13-1-3-14(4-2-13)24-7-5-16-15-11-26-18-12(9-23)10-27-28(18)17(15)6-8-25-16/h1-8,10-11,24H. The smallest absolute Gasteiger partial charge is 0.362 e. The van der Waals surface area contributed by atoms with Crippen LogP contribution in [0.1, 0.15) is 16.8 Å². The van der Waals surface area contributed by atoms with Crippen molar-refractivity contribution >= 4 is 28.3 Å². The summed E-state index contributed by atoms with van der Waals surface area (Å²) in [5.41, 5.74) is 1.97. The number of hydrogen-bond acceptors (Lipinski definition) is 5. The molecule has 0 spiro atoms. The Labute approximate surface area is 156 Å². The van der Waals surface area contributed by atoms with Crippen LogP contribution >= 0.6 is 0 Å². The van der Waals surface area contributed by atoms with E-state index < -0.39 is 11.7 Å². The first-order valence-corrected chi connectivity index (χ1v) is 8.09. The molecule has 4 aromatic rings. The zero-order chi connectivity index (χ0) is 19.7. The van der Waals surface area contributed by atoms with Crippen LogP contribution in [0, 0.1) is 11.3 Å². The van der Waals surface area contributed by atoms with E-state index in [1.165, 1.54) is 18.3 Å². The number of halogens is 3. The fourth-order valence-electron chi connectivity index (χ4n) is 2.75. The topological polar surface area (TPSA) is 78.9 Å². The molecule has 3 heterocycles. The number of nitriles is 1. The summed E-state index contributed by atoms with van der Waals surface area (Å²) in [5.74, 6) is 0. The number of nitrogens with one attached hydrogen (secondary N) is 1. The van der Waals surface area contributed by atoms with Gasteiger partial charge in [0, 0.05) is 29.7 Å². The van der Waals surface area contributed by atoms with Gasteiger partial charge in [-0.3, -0.25) is 4.98 Å². The van der Waals surface area contributed by atoms with E-state index in [-0.39, 0.29) is 0 Å². The van der Waals surface area contributed by atoms with Gasteiger partial charge in [0.15, 0.2) is 5.65 Å². The number of hydrogen-bond donors (Lipinski definition) is 1. The van der Waals surface area contributed by atoms with Gasteiger partial charge in [0.05, 0.1) is 23.0 Å². The van der Waals surface area contributed by atoms with E-state index in [1.807, 2.05) is 6.07 Å². The lowest BCUT2D eigenvalue weighted by Crippen LogP contribution is -2.04. The summed E-state index contributed by atoms with van der Waals surface area (Å²) < 4.78 is 39.4. The van der Waals surface area contributed by atoms with Crippen LogP contribution in [0.25, 0.3) is 22.6 Å². The van der Waals surface area contributed by atoms with Crippen LogP contribution in [-0.2, 0) is 6.18 Å². The maximum Gasteiger partial charge on any atom is 0.416 e. The summed E-state index contributed by atoms with van der Waals surface area (Å²) in [6.07, 6.45) is 3.56. The molecule has 3 aromatic heterocycles. The summed E-state index contributed by atoms with van der Waals surface area (Å²) in [5, 5.41) is 16.9. The number of nitrogens with zero attached hydrogens (tertiary/aromatic N) is 5. The van der Waals surface area contributed by atoms with Crippen molar-refractivity contribution in [3.63, 3.8) is 0 Å². The summed E-state index contributed by atoms with van der Waals surface area (Å²) in [4.78, 5) is 8.57. The molecule has 0 fully saturated rings. The highest BCUT2D eigenvalue weighted by Gasteiger charge is 2.29. The molecule has 0 bridgehead atoms. The molecule has 0 unspecified atom stereocenters. The molecule has 0 aliphatic heterocycles. The SMILES string of the molecule is N#Cc1cnn2c1ncc1c(C=CNc3ccc(C(F)(F)F)cc3)nccc12. The second-order valence-electron chi connectivity index (χ2n) is 5.85. The van der Waals surface area contributed by atoms with Crippen LogP contribution in [0.15, 0.2) is 55.1 Å². The molecule has 9 heteroatoms. The molecule has 0 aliphatic rings. The molecule has 0 saturated carbocycles. The lowest BCUT2D eigenvalue weighted by atomic mass is 10.2. The molecular formula is C19H11F3N6. The predicted octanol–water partition coefficient (Wildman–Crippen LogP) is 4.25. The number of anilines is 1. The van der Waals surface area contributed by atoms with E-state index in [4.69, 9.17) is 5.26 Å². The summed E-state index contributed by atoms with van der Waals surface area (Å²) >= 11 is 0. The van der Waals surface area contributed by atoms with Crippen molar-refractivity contribution in [2.45, 2.75) is 6.18 Å². The molecule has 6 nitrogen and oxygen atoms in total. The molecule has 28 heavy (non-hydrogen) atoms. The lowest BCUT2D eigenvalue weighted by molar-refractivity contribution is -0.137. The van der Waals surface area contributed by atoms with E-state index in [0.29, 0.717) is 28.0 Å². The lowest BCUT2D eigenvalue weighted by Gasteiger charge is -2.07. The maximum atomic E-state index is 12.6. The van der Waals surface area contributed by atoms with Crippen molar-refractivity contribution < 1.29 is 13.2 Å². The van der Waals surface area contributed by atoms with Crippen molar-refractivity contribution in [1.29, 1.82) is 5.26 Å². The van der Waals surface area contributed by atoms with Crippen LogP contribution < -0.4 is 5.32 Å². The Morgan fingerprint density at radius 2 is 1.86 bits per heavy atom. The van der Waals surface area contributed by atoms with E-state index in [0.717, 1.165) is 17.6 Å². The Hall–Kier alpha value is -3.93. The third-order valence-corrected chi connectivity index (χ3v) is 4.11. The van der Waals surface area contributed by atoms with Gasteiger partial charge in [0.2, 0.25) is 0 Å². The first-order valence-electron chi connectivity index (χ1n) is 8.09. The van der Waals surface area contributed by atoms with E-state index in [1.54, 1.807) is 35.3 Å². The molecule has 0 aliphatic carbocycles. The Morgan fingerprint density at radius 3 is 2.57 bits per heavy atom. The highest BCUT2D eigenvalue weighted by molar-refractivity contribution is 5.87. The Balaban J connectivity index is 1.62. The molecule has 0 radical (unpaired) electrons. The first-order chi connectivity index (χ1) is 13.5. The average Bonchev–Trinajstić information content (AvgIpc) is 3.11. The second kappa shape index (κ2) is 6.66. The molecule has 0 amide bonds. The molecule has 4 rings (SSSR count). The minimum Gasteiger partial charge on any atom is -0.362 e. The maximum absolute atomic E-state index is 12.6. The molecule has 0 atom stereocenters. The highest BCUT2D eigenvalue weighted by atomic mass is 19.4. The Kier molecular flexibility index (Phi) is 4.16. The average molecular weight is 380 g/mol. The first kappa shape index (κ1) is 17.5. The van der Waals surface area contributed by atoms with Crippen molar-refractivity contribution in [1.82, 2.24) is 19.6 Å². The molecule has 138 valence electrons. The highest BCUT2D eigenvalue weighted by Crippen LogP contribution is 2.29. The van der Waals surface area contributed by atoms with Crippen LogP contribution in [0.3, 0.4) is 0 Å². The van der Waals surface area contributed by atoms with Crippen LogP contribution in [-0.4, -0.2) is 19.6 Å². The minimum atomic E-state index is -4.36. The van der Waals surface area contributed by atoms with E-state index in [2.05, 4.69) is 20.4 Å². The van der Waals surface area contributed by atoms with Gasteiger partial charge >= 0.3 is 6.18 Å². The third kappa shape index (κ3) is 3.12. The largest absolute Gasteiger partial charge is 0.416 e. The monoisotopic (exact) mass is 380 g/mol. The minimum absolute atomic E-state index is 0.375. The van der Waals surface area contributed by atoms with Gasteiger partial charge in [-0.25, -0.2) is 9.50 Å². The normalized spacial score (nSPS) is 11.9. The third-order valence-electron chi connectivity index (χ3n) is 4.11. The molecular weight excluding hydrogens is 369 g/mol. The zero-order valence-electron chi connectivity index (χ0n) is 14.1. The summed E-state index contributed by atoms with van der Waals surface area (Å²) in [6.45, 7) is 0. The van der Waals surface area contributed by atoms with Crippen LogP contribution in [0.5, 0.6) is 0 Å². The second-order valence-corrected chi connectivity index (χ2v) is 5.85. The number of aromatic nitrogens is 4. The van der Waals surface area contributed by atoms with Crippen molar-refractivity contribution in [2.24, 2.45) is 0 Å². The number of pyridine rings is 1. The fraction of sp³-hybridized carbons (Fsp3) is 0.0526. The van der Waals surface area contributed by atoms with Gasteiger partial charge in [0.25, 0.3) is 0 Å². The van der Waals surface area contributed by atoms with E-state index >= 15 is 0 Å². The Morgan fingerprint density at radius 1 is 1.07 bits per heavy atom. The van der Waals surface area contributed by atoms with Gasteiger partial charge in [-0.05, 0) is 36.4 Å². The number of alkyl halides is 3. The zero-order valence-corrected chi connectivity index (χ0v) is 14.1. The number of benzene rings is 1. The van der Waals surface area contributed by atoms with Gasteiger partial charge in [-0.2, -0.15) is 23.5 Å². The van der Waals surface area contributed by atoms with Crippen LogP contribution in [0.4, 0.5) is 18.9 Å². The molecule has 1 N–H and O–H groups in total. The summed E-state index contributed by atoms with van der Waals surface area (Å²) in [7, 11) is 0. The number of rotatable bonds is 3. The predicted molar refractivity (Wildman–Crippen MR) is 97.1 cm³/mol. The molecule has 0 saturated heterocycles. The van der Waals surface area contributed by atoms with Gasteiger partial charge in [-0.15, -0.1) is 0 Å². The number of fused-ring (bicyclic) bond motifs is 3. The van der Waals surface area contributed by atoms with Gasteiger partial charge < -0.3 is 5.32 Å². The van der Waals surface area contributed by atoms with Gasteiger partial charge in [-0.1, -0.05) is 0 Å². The van der Waals surface area contributed by atoms with Crippen LogP contribution in [0.2, 0.25) is 0 Å². The van der Waals surface area contributed by atoms with E-state index in [9.17, 15) is 13.2 Å². The summed E-state index contributed by atoms with van der Waals surface area (Å²) in [6, 6.07) is 8.52. The van der Waals surface area contributed by atoms with Crippen molar-refractivity contribution in [3.8, 4) is 6.07 Å².